The molecule has 9 heteroatoms. The topological polar surface area (TPSA) is 108 Å². The van der Waals surface area contributed by atoms with Gasteiger partial charge in [-0.1, -0.05) is 74.5 Å². The van der Waals surface area contributed by atoms with E-state index in [1.54, 1.807) is 22.4 Å². The first kappa shape index (κ1) is 28.6. The number of imidazole rings is 1. The van der Waals surface area contributed by atoms with Gasteiger partial charge in [0.05, 0.1) is 12.9 Å². The molecule has 0 saturated carbocycles. The Balaban J connectivity index is 1.96. The van der Waals surface area contributed by atoms with Gasteiger partial charge in [0.15, 0.2) is 0 Å². The summed E-state index contributed by atoms with van der Waals surface area (Å²) in [5.74, 6) is -1.19. The van der Waals surface area contributed by atoms with Gasteiger partial charge in [-0.05, 0) is 42.7 Å². The molecule has 0 bridgehead atoms. The standard InChI is InChI=1S/C29H37N5O4/c1-23(2)16-17-27(35)34(26(29(37)31-38)15-9-14-24-10-5-3-6-11-24)33(20-25-12-7-4-8-13-25)28(36)21-32-19-18-30-22-32/h3-8,10-13,18-19,22-23,26,38H,9,14-17,20-21H2,1-2H3,(H,31,37)/t26-/m0/s1. The second kappa shape index (κ2) is 14.7. The van der Waals surface area contributed by atoms with E-state index >= 15 is 0 Å². The minimum Gasteiger partial charge on any atom is -0.328 e. The Morgan fingerprint density at radius 2 is 1.61 bits per heavy atom. The molecular weight excluding hydrogens is 482 g/mol. The number of rotatable bonds is 13. The van der Waals surface area contributed by atoms with Crippen LogP contribution in [0.3, 0.4) is 0 Å². The quantitative estimate of drug-likeness (QED) is 0.262. The van der Waals surface area contributed by atoms with Crippen molar-refractivity contribution in [1.29, 1.82) is 0 Å². The first-order valence-electron chi connectivity index (χ1n) is 13.0. The average Bonchev–Trinajstić information content (AvgIpc) is 3.44. The summed E-state index contributed by atoms with van der Waals surface area (Å²) in [7, 11) is 0. The molecule has 0 aliphatic heterocycles. The third-order valence-corrected chi connectivity index (χ3v) is 6.29. The molecule has 0 spiro atoms. The zero-order valence-corrected chi connectivity index (χ0v) is 22.1. The van der Waals surface area contributed by atoms with Gasteiger partial charge >= 0.3 is 0 Å². The molecule has 0 aliphatic rings. The Labute approximate surface area is 224 Å². The van der Waals surface area contributed by atoms with Crippen LogP contribution in [0.4, 0.5) is 0 Å². The van der Waals surface area contributed by atoms with E-state index < -0.39 is 11.9 Å². The number of hydroxylamine groups is 1. The molecule has 9 nitrogen and oxygen atoms in total. The van der Waals surface area contributed by atoms with E-state index in [0.29, 0.717) is 19.3 Å². The summed E-state index contributed by atoms with van der Waals surface area (Å²) < 4.78 is 1.62. The van der Waals surface area contributed by atoms with Gasteiger partial charge in [0.2, 0.25) is 5.91 Å². The number of aryl methyl sites for hydroxylation is 1. The van der Waals surface area contributed by atoms with Gasteiger partial charge in [-0.25, -0.2) is 20.5 Å². The van der Waals surface area contributed by atoms with Crippen molar-refractivity contribution in [3.8, 4) is 0 Å². The number of hydrazine groups is 1. The lowest BCUT2D eigenvalue weighted by Gasteiger charge is -2.40. The molecule has 0 aliphatic carbocycles. The van der Waals surface area contributed by atoms with Crippen molar-refractivity contribution in [2.45, 2.75) is 65.1 Å². The number of hydrogen-bond acceptors (Lipinski definition) is 5. The number of nitrogens with one attached hydrogen (secondary N) is 1. The molecule has 1 atom stereocenters. The van der Waals surface area contributed by atoms with Gasteiger partial charge in [-0.15, -0.1) is 0 Å². The van der Waals surface area contributed by atoms with Gasteiger partial charge in [0, 0.05) is 18.8 Å². The fourth-order valence-corrected chi connectivity index (χ4v) is 4.25. The smallest absolute Gasteiger partial charge is 0.268 e. The monoisotopic (exact) mass is 519 g/mol. The van der Waals surface area contributed by atoms with Crippen LogP contribution in [-0.4, -0.2) is 48.5 Å². The molecule has 202 valence electrons. The molecule has 2 N–H and O–H groups in total. The Morgan fingerprint density at radius 1 is 0.947 bits per heavy atom. The largest absolute Gasteiger partial charge is 0.328 e. The van der Waals surface area contributed by atoms with Crippen LogP contribution in [0.2, 0.25) is 0 Å². The van der Waals surface area contributed by atoms with Crippen LogP contribution in [0, 0.1) is 5.92 Å². The molecule has 3 amide bonds. The first-order valence-corrected chi connectivity index (χ1v) is 13.0. The second-order valence-corrected chi connectivity index (χ2v) is 9.71. The van der Waals surface area contributed by atoms with E-state index in [2.05, 4.69) is 4.98 Å². The van der Waals surface area contributed by atoms with E-state index in [9.17, 15) is 19.6 Å². The average molecular weight is 520 g/mol. The molecule has 2 aromatic carbocycles. The van der Waals surface area contributed by atoms with Gasteiger partial charge < -0.3 is 4.57 Å². The zero-order chi connectivity index (χ0) is 27.3. The molecule has 1 heterocycles. The van der Waals surface area contributed by atoms with E-state index in [1.165, 1.54) is 16.3 Å². The number of carbonyl (C=O) groups excluding carboxylic acids is 3. The Morgan fingerprint density at radius 3 is 2.18 bits per heavy atom. The lowest BCUT2D eigenvalue weighted by atomic mass is 10.0. The van der Waals surface area contributed by atoms with Crippen molar-refractivity contribution < 1.29 is 19.6 Å². The summed E-state index contributed by atoms with van der Waals surface area (Å²) in [5, 5.41) is 12.3. The van der Waals surface area contributed by atoms with Gasteiger partial charge in [-0.3, -0.25) is 19.6 Å². The lowest BCUT2D eigenvalue weighted by Crippen LogP contribution is -2.59. The van der Waals surface area contributed by atoms with Crippen LogP contribution < -0.4 is 5.48 Å². The SMILES string of the molecule is CC(C)CCC(=O)N([C@@H](CCCc1ccccc1)C(=O)NO)N(Cc1ccccc1)C(=O)Cn1ccnc1. The predicted molar refractivity (Wildman–Crippen MR) is 143 cm³/mol. The molecule has 0 unspecified atom stereocenters. The predicted octanol–water partition coefficient (Wildman–Crippen LogP) is 3.99. The highest BCUT2D eigenvalue weighted by Crippen LogP contribution is 2.20. The number of benzene rings is 2. The van der Waals surface area contributed by atoms with E-state index in [1.807, 2.05) is 74.5 Å². The van der Waals surface area contributed by atoms with Crippen molar-refractivity contribution in [3.05, 3.63) is 90.5 Å². The van der Waals surface area contributed by atoms with Crippen LogP contribution in [0.1, 0.15) is 50.7 Å². The number of amides is 3. The van der Waals surface area contributed by atoms with Crippen molar-refractivity contribution >= 4 is 17.7 Å². The third-order valence-electron chi connectivity index (χ3n) is 6.29. The molecule has 3 aromatic rings. The van der Waals surface area contributed by atoms with Gasteiger partial charge in [0.1, 0.15) is 12.6 Å². The maximum absolute atomic E-state index is 13.7. The molecule has 0 radical (unpaired) electrons. The highest BCUT2D eigenvalue weighted by Gasteiger charge is 2.36. The maximum Gasteiger partial charge on any atom is 0.268 e. The van der Waals surface area contributed by atoms with Gasteiger partial charge in [-0.2, -0.15) is 0 Å². The van der Waals surface area contributed by atoms with Crippen LogP contribution in [0.5, 0.6) is 0 Å². The fraction of sp³-hybridized carbons (Fsp3) is 0.379. The first-order chi connectivity index (χ1) is 18.4. The van der Waals surface area contributed by atoms with Crippen molar-refractivity contribution in [2.24, 2.45) is 5.92 Å². The van der Waals surface area contributed by atoms with Crippen molar-refractivity contribution in [2.75, 3.05) is 0 Å². The zero-order valence-electron chi connectivity index (χ0n) is 22.1. The van der Waals surface area contributed by atoms with E-state index in [-0.39, 0.29) is 43.7 Å². The Bertz CT molecular complexity index is 1140. The molecule has 3 rings (SSSR count). The molecule has 0 saturated heterocycles. The normalized spacial score (nSPS) is 11.7. The van der Waals surface area contributed by atoms with E-state index in [0.717, 1.165) is 11.1 Å². The Hall–Kier alpha value is -3.98. The van der Waals surface area contributed by atoms with Crippen LogP contribution >= 0.6 is 0 Å². The van der Waals surface area contributed by atoms with Crippen LogP contribution in [-0.2, 0) is 33.9 Å². The van der Waals surface area contributed by atoms with Crippen molar-refractivity contribution in [3.63, 3.8) is 0 Å². The third kappa shape index (κ3) is 8.55. The summed E-state index contributed by atoms with van der Waals surface area (Å²) in [6.07, 6.45) is 7.06. The second-order valence-electron chi connectivity index (χ2n) is 9.71. The summed E-state index contributed by atoms with van der Waals surface area (Å²) in [5.41, 5.74) is 3.64. The molecule has 38 heavy (non-hydrogen) atoms. The molecule has 1 aromatic heterocycles. The number of hydrogen-bond donors (Lipinski definition) is 2. The van der Waals surface area contributed by atoms with E-state index in [4.69, 9.17) is 0 Å². The highest BCUT2D eigenvalue weighted by molar-refractivity contribution is 5.89. The van der Waals surface area contributed by atoms with Crippen LogP contribution in [0.25, 0.3) is 0 Å². The molecule has 0 fully saturated rings. The summed E-state index contributed by atoms with van der Waals surface area (Å²) in [4.78, 5) is 44.5. The fourth-order valence-electron chi connectivity index (χ4n) is 4.25. The summed E-state index contributed by atoms with van der Waals surface area (Å²) in [6, 6.07) is 18.1. The maximum atomic E-state index is 13.7. The minimum atomic E-state index is -1.07. The van der Waals surface area contributed by atoms with Crippen molar-refractivity contribution in [1.82, 2.24) is 25.0 Å². The number of nitrogens with zero attached hydrogens (tertiary/aromatic N) is 4. The minimum absolute atomic E-state index is 0.0573. The highest BCUT2D eigenvalue weighted by atomic mass is 16.5. The Kier molecular flexibility index (Phi) is 11.0. The lowest BCUT2D eigenvalue weighted by molar-refractivity contribution is -0.176. The summed E-state index contributed by atoms with van der Waals surface area (Å²) in [6.45, 7) is 4.07. The summed E-state index contributed by atoms with van der Waals surface area (Å²) >= 11 is 0. The van der Waals surface area contributed by atoms with Gasteiger partial charge in [0.25, 0.3) is 11.8 Å². The number of carbonyl (C=O) groups is 3. The van der Waals surface area contributed by atoms with Crippen LogP contribution in [0.15, 0.2) is 79.4 Å². The number of aromatic nitrogens is 2. The molecular formula is C29H37N5O4.